The fourth-order valence-electron chi connectivity index (χ4n) is 3.19. The minimum atomic E-state index is 0.750. The molecule has 0 saturated heterocycles. The first-order chi connectivity index (χ1) is 18.8. The van der Waals surface area contributed by atoms with Crippen molar-refractivity contribution in [2.75, 3.05) is 0 Å². The Kier molecular flexibility index (Phi) is 22.0. The molecular weight excluding hydrogens is 492 g/mol. The molecule has 0 amide bonds. The van der Waals surface area contributed by atoms with Gasteiger partial charge in [-0.2, -0.15) is 0 Å². The molecule has 0 unspecified atom stereocenters. The van der Waals surface area contributed by atoms with Gasteiger partial charge in [-0.1, -0.05) is 114 Å². The van der Waals surface area contributed by atoms with E-state index in [4.69, 9.17) is 40.8 Å². The van der Waals surface area contributed by atoms with E-state index >= 15 is 0 Å². The summed E-state index contributed by atoms with van der Waals surface area (Å²) in [5, 5.41) is 27.3. The molecule has 0 atom stereocenters. The number of fused-ring (bicyclic) bond motifs is 2. The summed E-state index contributed by atoms with van der Waals surface area (Å²) >= 11 is 0. The van der Waals surface area contributed by atoms with E-state index in [1.807, 2.05) is 36.4 Å². The Hall–Kier alpha value is -5.60. The Morgan fingerprint density at radius 2 is 0.718 bits per heavy atom. The van der Waals surface area contributed by atoms with Crippen LogP contribution in [0.2, 0.25) is 0 Å². The minimum absolute atomic E-state index is 0.750. The van der Waals surface area contributed by atoms with Crippen LogP contribution in [0, 0.1) is 63.3 Å². The summed E-state index contributed by atoms with van der Waals surface area (Å²) < 4.78 is 0. The maximum atomic E-state index is 8.35. The molecule has 39 heavy (non-hydrogen) atoms. The zero-order valence-electron chi connectivity index (χ0n) is 21.9. The predicted molar refractivity (Wildman–Crippen MR) is 149 cm³/mol. The van der Waals surface area contributed by atoms with Crippen LogP contribution in [-0.4, -0.2) is 24.3 Å². The summed E-state index contributed by atoms with van der Waals surface area (Å²) in [6.45, 7) is 6.34. The van der Waals surface area contributed by atoms with Gasteiger partial charge >= 0.3 is 0 Å². The SMILES string of the molecule is Cc1cccc2c1=c1ccccc1=2.Cc1ccccc1.Cc1ccccc1.N=C=O.N=C=O.N=C=O.N=C=O. The number of aryl methyl sites for hydroxylation is 3. The van der Waals surface area contributed by atoms with Crippen molar-refractivity contribution in [1.82, 2.24) is 0 Å². The highest BCUT2D eigenvalue weighted by molar-refractivity contribution is 5.33. The van der Waals surface area contributed by atoms with Crippen molar-refractivity contribution >= 4 is 24.3 Å². The molecule has 0 fully saturated rings. The van der Waals surface area contributed by atoms with E-state index in [1.165, 1.54) is 37.6 Å². The van der Waals surface area contributed by atoms with Gasteiger partial charge in [-0.25, -0.2) is 40.8 Å². The standard InChI is InChI=1S/C13H10.2C7H8.4CHNO/c1-9-5-4-8-12-10-6-2-3-7-11(10)13(9)12;2*1-7-5-3-2-4-6-7;4*2-1-3/h2-8H,1H3;2*2-6H,1H3;4*2H. The van der Waals surface area contributed by atoms with Crippen molar-refractivity contribution in [1.29, 1.82) is 21.6 Å². The lowest BCUT2D eigenvalue weighted by Crippen LogP contribution is -1.92. The molecule has 0 heterocycles. The second-order valence-corrected chi connectivity index (χ2v) is 7.26. The molecular formula is C31H30N4O4. The van der Waals surface area contributed by atoms with Crippen LogP contribution < -0.4 is 0 Å². The maximum absolute atomic E-state index is 8.35. The Bertz CT molecular complexity index is 1480. The van der Waals surface area contributed by atoms with E-state index in [0.29, 0.717) is 0 Å². The summed E-state index contributed by atoms with van der Waals surface area (Å²) in [5.41, 5.74) is 4.03. The van der Waals surface area contributed by atoms with Crippen LogP contribution in [0.4, 0.5) is 0 Å². The molecule has 1 aliphatic rings. The van der Waals surface area contributed by atoms with Crippen LogP contribution in [0.1, 0.15) is 16.7 Å². The number of hydrogen-bond donors (Lipinski definition) is 4. The van der Waals surface area contributed by atoms with Crippen molar-refractivity contribution in [3.8, 4) is 0 Å². The highest BCUT2D eigenvalue weighted by Gasteiger charge is 2.01. The monoisotopic (exact) mass is 522 g/mol. The normalized spacial score (nSPS) is 7.77. The molecule has 0 aromatic heterocycles. The first-order valence-corrected chi connectivity index (χ1v) is 11.2. The smallest absolute Gasteiger partial charge is 0.222 e. The second kappa shape index (κ2) is 24.1. The van der Waals surface area contributed by atoms with Gasteiger partial charge in [0.1, 0.15) is 0 Å². The number of rotatable bonds is 0. The number of isocyanates is 4. The molecule has 0 aliphatic heterocycles. The van der Waals surface area contributed by atoms with E-state index in [2.05, 4.69) is 87.5 Å². The average Bonchev–Trinajstić information content (AvgIpc) is 2.91. The Morgan fingerprint density at radius 3 is 1.05 bits per heavy atom. The number of carbonyl (C=O) groups excluding carboxylic acids is 4. The summed E-state index contributed by atoms with van der Waals surface area (Å²) in [7, 11) is 0. The first kappa shape index (κ1) is 35.6. The number of hydrogen-bond acceptors (Lipinski definition) is 8. The molecule has 5 rings (SSSR count). The summed E-state index contributed by atoms with van der Waals surface area (Å²) in [5.74, 6) is 0. The van der Waals surface area contributed by atoms with Crippen molar-refractivity contribution < 1.29 is 19.2 Å². The van der Waals surface area contributed by atoms with Crippen molar-refractivity contribution in [3.05, 3.63) is 141 Å². The van der Waals surface area contributed by atoms with E-state index in [-0.39, 0.29) is 0 Å². The van der Waals surface area contributed by atoms with Crippen LogP contribution >= 0.6 is 0 Å². The van der Waals surface area contributed by atoms with Crippen LogP contribution in [0.5, 0.6) is 0 Å². The quantitative estimate of drug-likeness (QED) is 0.135. The zero-order valence-corrected chi connectivity index (χ0v) is 21.9. The van der Waals surface area contributed by atoms with Gasteiger partial charge in [0, 0.05) is 0 Å². The lowest BCUT2D eigenvalue weighted by Gasteiger charge is -2.06. The fourth-order valence-corrected chi connectivity index (χ4v) is 3.19. The van der Waals surface area contributed by atoms with E-state index in [9.17, 15) is 0 Å². The van der Waals surface area contributed by atoms with Crippen LogP contribution in [0.3, 0.4) is 0 Å². The summed E-state index contributed by atoms with van der Waals surface area (Å²) in [6, 6.07) is 35.6. The van der Waals surface area contributed by atoms with Crippen LogP contribution in [0.25, 0.3) is 0 Å². The lowest BCUT2D eigenvalue weighted by molar-refractivity contribution is 0.562. The highest BCUT2D eigenvalue weighted by atomic mass is 16.1. The Labute approximate surface area is 226 Å². The summed E-state index contributed by atoms with van der Waals surface area (Å²) in [6.07, 6.45) is 3.00. The van der Waals surface area contributed by atoms with Gasteiger partial charge in [-0.05, 0) is 47.2 Å². The molecule has 0 spiro atoms. The van der Waals surface area contributed by atoms with E-state index in [1.54, 1.807) is 0 Å². The Morgan fingerprint density at radius 1 is 0.410 bits per heavy atom. The maximum Gasteiger partial charge on any atom is 0.231 e. The third-order valence-electron chi connectivity index (χ3n) is 4.64. The highest BCUT2D eigenvalue weighted by Crippen LogP contribution is 2.15. The second-order valence-electron chi connectivity index (χ2n) is 7.26. The van der Waals surface area contributed by atoms with Crippen molar-refractivity contribution in [2.45, 2.75) is 20.8 Å². The van der Waals surface area contributed by atoms with Gasteiger partial charge < -0.3 is 0 Å². The number of nitrogens with one attached hydrogen (secondary N) is 4. The molecule has 4 aromatic rings. The van der Waals surface area contributed by atoms with Gasteiger partial charge in [-0.3, -0.25) is 0 Å². The molecule has 8 heteroatoms. The third-order valence-corrected chi connectivity index (χ3v) is 4.64. The molecule has 8 nitrogen and oxygen atoms in total. The van der Waals surface area contributed by atoms with Crippen LogP contribution in [0.15, 0.2) is 103 Å². The zero-order chi connectivity index (χ0) is 29.9. The van der Waals surface area contributed by atoms with Gasteiger partial charge in [0.05, 0.1) is 0 Å². The predicted octanol–water partition coefficient (Wildman–Crippen LogP) is 6.48. The first-order valence-electron chi connectivity index (χ1n) is 11.2. The van der Waals surface area contributed by atoms with Crippen LogP contribution in [-0.2, 0) is 19.2 Å². The fraction of sp³-hybridized carbons (Fsp3) is 0.0968. The topological polar surface area (TPSA) is 164 Å². The molecule has 198 valence electrons. The Balaban J connectivity index is 0. The molecule has 0 radical (unpaired) electrons. The van der Waals surface area contributed by atoms with Gasteiger partial charge in [0.2, 0.25) is 24.3 Å². The molecule has 0 bridgehead atoms. The van der Waals surface area contributed by atoms with E-state index < -0.39 is 0 Å². The minimum Gasteiger partial charge on any atom is -0.222 e. The van der Waals surface area contributed by atoms with E-state index in [0.717, 1.165) is 24.3 Å². The third kappa shape index (κ3) is 15.9. The number of benzene rings is 4. The van der Waals surface area contributed by atoms with Gasteiger partial charge in [0.15, 0.2) is 0 Å². The molecule has 1 aliphatic carbocycles. The lowest BCUT2D eigenvalue weighted by atomic mass is 9.98. The molecule has 0 saturated carbocycles. The van der Waals surface area contributed by atoms with Gasteiger partial charge in [-0.15, -0.1) is 0 Å². The summed E-state index contributed by atoms with van der Waals surface area (Å²) in [4.78, 5) is 33.4. The van der Waals surface area contributed by atoms with Gasteiger partial charge in [0.25, 0.3) is 0 Å². The molecule has 4 N–H and O–H groups in total. The largest absolute Gasteiger partial charge is 0.231 e. The average molecular weight is 523 g/mol. The molecule has 4 aromatic carbocycles. The van der Waals surface area contributed by atoms with Crippen molar-refractivity contribution in [2.24, 2.45) is 0 Å². The van der Waals surface area contributed by atoms with Crippen molar-refractivity contribution in [3.63, 3.8) is 0 Å².